The largest absolute Gasteiger partial charge is 0.679 e. The Morgan fingerprint density at radius 2 is 0.444 bits per heavy atom. The van der Waals surface area contributed by atoms with Crippen LogP contribution in [0.25, 0.3) is 0 Å². The van der Waals surface area contributed by atoms with Crippen LogP contribution in [0.3, 0.4) is 0 Å². The fraction of sp³-hybridized carbons (Fsp3) is 1.00. The van der Waals surface area contributed by atoms with E-state index in [9.17, 15) is 87.8 Å². The van der Waals surface area contributed by atoms with Crippen molar-refractivity contribution in [1.29, 1.82) is 0 Å². The van der Waals surface area contributed by atoms with E-state index in [-0.39, 0.29) is 0 Å². The van der Waals surface area contributed by atoms with Crippen molar-refractivity contribution in [2.24, 2.45) is 0 Å². The Bertz CT molecular complexity index is 727. The summed E-state index contributed by atoms with van der Waals surface area (Å²) in [6.07, 6.45) is -37.8. The van der Waals surface area contributed by atoms with Crippen LogP contribution in [0.1, 0.15) is 51.4 Å². The maximum Gasteiger partial charge on any atom is 0.679 e. The standard InChI is InChI=1S/C20H24F20O4Si/c21-13(22,17(29,30)31)5-1-9-41-45(42-10-2-6-14(23,24)18(32,33)34,43-11-3-7-15(25,26)19(35,36)37)44-12-4-8-16(27,28)20(38,39)40/h1-12H2. The van der Waals surface area contributed by atoms with E-state index in [0.29, 0.717) is 0 Å². The SMILES string of the molecule is FC(F)(F)C(F)(F)CCCO[Si](OCCCC(F)(F)C(F)(F)F)(OCCCC(F)(F)C(F)(F)F)OCCCC(F)(F)C(F)(F)F. The molecule has 0 rings (SSSR count). The van der Waals surface area contributed by atoms with Gasteiger partial charge in [0.2, 0.25) is 0 Å². The zero-order valence-electron chi connectivity index (χ0n) is 22.2. The maximum absolute atomic E-state index is 13.2. The zero-order chi connectivity index (χ0) is 35.8. The summed E-state index contributed by atoms with van der Waals surface area (Å²) >= 11 is 0. The van der Waals surface area contributed by atoms with Gasteiger partial charge in [-0.1, -0.05) is 0 Å². The smallest absolute Gasteiger partial charge is 0.351 e. The number of halogens is 20. The molecule has 0 saturated heterocycles. The Balaban J connectivity index is 5.93. The highest BCUT2D eigenvalue weighted by Gasteiger charge is 2.59. The lowest BCUT2D eigenvalue weighted by atomic mass is 10.2. The summed E-state index contributed by atoms with van der Waals surface area (Å²) in [7, 11) is -5.47. The molecule has 0 N–H and O–H groups in total. The summed E-state index contributed by atoms with van der Waals surface area (Å²) in [6, 6.07) is 0. The molecule has 272 valence electrons. The van der Waals surface area contributed by atoms with Gasteiger partial charge in [-0.05, 0) is 25.7 Å². The predicted octanol–water partition coefficient (Wildman–Crippen LogP) is 9.40. The van der Waals surface area contributed by atoms with Gasteiger partial charge in [0.05, 0.1) is 0 Å². The Kier molecular flexibility index (Phi) is 15.2. The summed E-state index contributed by atoms with van der Waals surface area (Å²) in [6.45, 7) is -5.47. The molecule has 0 aromatic rings. The van der Waals surface area contributed by atoms with E-state index in [1.807, 2.05) is 0 Å². The summed E-state index contributed by atoms with van der Waals surface area (Å²) in [5.41, 5.74) is 0. The van der Waals surface area contributed by atoms with E-state index in [0.717, 1.165) is 0 Å². The fourth-order valence-electron chi connectivity index (χ4n) is 2.78. The highest BCUT2D eigenvalue weighted by molar-refractivity contribution is 6.53. The normalized spacial score (nSPS) is 15.2. The molecule has 0 heterocycles. The second-order valence-electron chi connectivity index (χ2n) is 9.12. The van der Waals surface area contributed by atoms with Crippen LogP contribution in [0.4, 0.5) is 87.8 Å². The lowest BCUT2D eigenvalue weighted by Crippen LogP contribution is -2.51. The molecule has 4 nitrogen and oxygen atoms in total. The van der Waals surface area contributed by atoms with Crippen LogP contribution in [0, 0.1) is 0 Å². The Morgan fingerprint density at radius 3 is 0.578 bits per heavy atom. The molecule has 0 bridgehead atoms. The van der Waals surface area contributed by atoms with E-state index in [2.05, 4.69) is 0 Å². The summed E-state index contributed by atoms with van der Waals surface area (Å²) < 4.78 is 273. The lowest BCUT2D eigenvalue weighted by molar-refractivity contribution is -0.285. The average Bonchev–Trinajstić information content (AvgIpc) is 2.82. The third-order valence-electron chi connectivity index (χ3n) is 5.31. The molecule has 0 aromatic heterocycles. The van der Waals surface area contributed by atoms with Crippen LogP contribution in [-0.2, 0) is 17.7 Å². The van der Waals surface area contributed by atoms with Crippen LogP contribution < -0.4 is 0 Å². The van der Waals surface area contributed by atoms with E-state index < -0.39 is 135 Å². The predicted molar refractivity (Wildman–Crippen MR) is 111 cm³/mol. The molecule has 0 radical (unpaired) electrons. The lowest BCUT2D eigenvalue weighted by Gasteiger charge is -2.30. The molecule has 0 aliphatic rings. The molecule has 0 fully saturated rings. The van der Waals surface area contributed by atoms with Crippen LogP contribution in [0.2, 0.25) is 0 Å². The van der Waals surface area contributed by atoms with Gasteiger partial charge < -0.3 is 17.7 Å². The molecule has 25 heteroatoms. The van der Waals surface area contributed by atoms with Gasteiger partial charge in [-0.3, -0.25) is 0 Å². The molecule has 0 unspecified atom stereocenters. The summed E-state index contributed by atoms with van der Waals surface area (Å²) in [5.74, 6) is -21.4. The third-order valence-corrected chi connectivity index (χ3v) is 7.55. The fourth-order valence-corrected chi connectivity index (χ4v) is 4.86. The highest BCUT2D eigenvalue weighted by atomic mass is 28.4. The molecule has 0 amide bonds. The van der Waals surface area contributed by atoms with E-state index in [1.54, 1.807) is 0 Å². The molecular formula is C20H24F20O4Si. The third kappa shape index (κ3) is 14.1. The topological polar surface area (TPSA) is 36.9 Å². The second-order valence-corrected chi connectivity index (χ2v) is 11.3. The van der Waals surface area contributed by atoms with Crippen molar-refractivity contribution in [3.05, 3.63) is 0 Å². The number of hydrogen-bond donors (Lipinski definition) is 0. The Hall–Kier alpha value is -1.34. The van der Waals surface area contributed by atoms with Crippen molar-refractivity contribution in [2.75, 3.05) is 26.4 Å². The number of rotatable bonds is 20. The van der Waals surface area contributed by atoms with E-state index >= 15 is 0 Å². The first-order chi connectivity index (χ1) is 19.8. The van der Waals surface area contributed by atoms with Gasteiger partial charge in [-0.15, -0.1) is 0 Å². The van der Waals surface area contributed by atoms with Gasteiger partial charge in [-0.2, -0.15) is 87.8 Å². The molecule has 0 saturated carbocycles. The zero-order valence-corrected chi connectivity index (χ0v) is 23.2. The van der Waals surface area contributed by atoms with Gasteiger partial charge >= 0.3 is 57.4 Å². The molecule has 0 aromatic carbocycles. The van der Waals surface area contributed by atoms with E-state index in [4.69, 9.17) is 17.7 Å². The van der Waals surface area contributed by atoms with Crippen molar-refractivity contribution in [1.82, 2.24) is 0 Å². The van der Waals surface area contributed by atoms with Crippen molar-refractivity contribution < 1.29 is 106 Å². The van der Waals surface area contributed by atoms with E-state index in [1.165, 1.54) is 0 Å². The van der Waals surface area contributed by atoms with Crippen molar-refractivity contribution in [2.45, 2.75) is 99.8 Å². The quantitative estimate of drug-likeness (QED) is 0.0710. The van der Waals surface area contributed by atoms with Gasteiger partial charge in [0.15, 0.2) is 0 Å². The van der Waals surface area contributed by atoms with Crippen molar-refractivity contribution >= 4 is 9.05 Å². The molecule has 0 spiro atoms. The Labute approximate surface area is 241 Å². The molecule has 0 atom stereocenters. The molecular weight excluding hydrogens is 712 g/mol. The minimum absolute atomic E-state index is 1.32. The number of alkyl halides is 20. The average molecular weight is 736 g/mol. The van der Waals surface area contributed by atoms with Gasteiger partial charge in [-0.25, -0.2) is 0 Å². The minimum Gasteiger partial charge on any atom is -0.351 e. The van der Waals surface area contributed by atoms with Crippen molar-refractivity contribution in [3.63, 3.8) is 0 Å². The highest BCUT2D eigenvalue weighted by Crippen LogP contribution is 2.42. The first-order valence-corrected chi connectivity index (χ1v) is 13.8. The van der Waals surface area contributed by atoms with Crippen molar-refractivity contribution in [3.8, 4) is 0 Å². The summed E-state index contributed by atoms with van der Waals surface area (Å²) in [5, 5.41) is 0. The first-order valence-electron chi connectivity index (χ1n) is 12.2. The van der Waals surface area contributed by atoms with Gasteiger partial charge in [0, 0.05) is 52.1 Å². The van der Waals surface area contributed by atoms with Crippen LogP contribution in [-0.4, -0.2) is 83.9 Å². The van der Waals surface area contributed by atoms with Gasteiger partial charge in [0.25, 0.3) is 0 Å². The molecule has 0 aliphatic carbocycles. The second kappa shape index (κ2) is 15.7. The first kappa shape index (κ1) is 43.7. The number of hydrogen-bond acceptors (Lipinski definition) is 4. The van der Waals surface area contributed by atoms with Gasteiger partial charge in [0.1, 0.15) is 0 Å². The monoisotopic (exact) mass is 736 g/mol. The molecule has 45 heavy (non-hydrogen) atoms. The molecule has 0 aliphatic heterocycles. The summed E-state index contributed by atoms with van der Waals surface area (Å²) in [4.78, 5) is 0. The van der Waals surface area contributed by atoms with Crippen LogP contribution in [0.5, 0.6) is 0 Å². The Morgan fingerprint density at radius 1 is 0.289 bits per heavy atom. The van der Waals surface area contributed by atoms with Crippen LogP contribution in [0.15, 0.2) is 0 Å². The van der Waals surface area contributed by atoms with Crippen LogP contribution >= 0.6 is 0 Å². The minimum atomic E-state index is -6.10. The maximum atomic E-state index is 13.2.